The van der Waals surface area contributed by atoms with Gasteiger partial charge in [0.25, 0.3) is 0 Å². The molecule has 1 aliphatic rings. The molecule has 3 rings (SSSR count). The fourth-order valence-electron chi connectivity index (χ4n) is 2.04. The van der Waals surface area contributed by atoms with Crippen molar-refractivity contribution in [3.63, 3.8) is 0 Å². The van der Waals surface area contributed by atoms with Gasteiger partial charge in [0.2, 0.25) is 0 Å². The predicted octanol–water partition coefficient (Wildman–Crippen LogP) is 1.98. The van der Waals surface area contributed by atoms with Gasteiger partial charge in [0, 0.05) is 24.8 Å². The Morgan fingerprint density at radius 3 is 2.56 bits per heavy atom. The highest BCUT2D eigenvalue weighted by Crippen LogP contribution is 2.18. The van der Waals surface area contributed by atoms with E-state index in [4.69, 9.17) is 4.74 Å². The average molecular weight is 241 g/mol. The van der Waals surface area contributed by atoms with E-state index in [1.807, 2.05) is 42.6 Å². The summed E-state index contributed by atoms with van der Waals surface area (Å²) in [4.78, 5) is 11.2. The average Bonchev–Trinajstić information content (AvgIpc) is 2.49. The lowest BCUT2D eigenvalue weighted by atomic mass is 10.2. The minimum Gasteiger partial charge on any atom is -0.378 e. The van der Waals surface area contributed by atoms with E-state index < -0.39 is 0 Å². The summed E-state index contributed by atoms with van der Waals surface area (Å²) in [5, 5.41) is 0. The number of hydrogen-bond acceptors (Lipinski definition) is 4. The van der Waals surface area contributed by atoms with Gasteiger partial charge in [-0.05, 0) is 6.07 Å². The van der Waals surface area contributed by atoms with E-state index in [0.29, 0.717) is 0 Å². The van der Waals surface area contributed by atoms with E-state index in [2.05, 4.69) is 14.9 Å². The standard InChI is InChI=1S/C14H15N3O/c1-2-4-12(5-3-1)14-15-7-6-13(16-14)17-8-10-18-11-9-17/h1-7H,8-11H2. The minimum absolute atomic E-state index is 0.769. The molecule has 1 aliphatic heterocycles. The van der Waals surface area contributed by atoms with Crippen molar-refractivity contribution in [3.8, 4) is 11.4 Å². The fraction of sp³-hybridized carbons (Fsp3) is 0.286. The number of anilines is 1. The quantitative estimate of drug-likeness (QED) is 0.806. The molecule has 1 saturated heterocycles. The molecule has 2 aromatic rings. The third-order valence-electron chi connectivity index (χ3n) is 3.01. The van der Waals surface area contributed by atoms with E-state index in [1.165, 1.54) is 0 Å². The van der Waals surface area contributed by atoms with Crippen LogP contribution in [0, 0.1) is 0 Å². The second-order valence-corrected chi connectivity index (χ2v) is 4.20. The van der Waals surface area contributed by atoms with Gasteiger partial charge in [-0.15, -0.1) is 0 Å². The Bertz CT molecular complexity index is 509. The van der Waals surface area contributed by atoms with Gasteiger partial charge in [0.15, 0.2) is 5.82 Å². The van der Waals surface area contributed by atoms with E-state index in [0.717, 1.165) is 43.5 Å². The smallest absolute Gasteiger partial charge is 0.161 e. The Morgan fingerprint density at radius 2 is 1.78 bits per heavy atom. The Morgan fingerprint density at radius 1 is 1.00 bits per heavy atom. The molecule has 4 heteroatoms. The molecule has 0 bridgehead atoms. The maximum Gasteiger partial charge on any atom is 0.161 e. The number of hydrogen-bond donors (Lipinski definition) is 0. The Hall–Kier alpha value is -1.94. The highest BCUT2D eigenvalue weighted by Gasteiger charge is 2.13. The number of morpholine rings is 1. The van der Waals surface area contributed by atoms with Crippen molar-refractivity contribution in [2.45, 2.75) is 0 Å². The lowest BCUT2D eigenvalue weighted by Gasteiger charge is -2.27. The van der Waals surface area contributed by atoms with Crippen molar-refractivity contribution in [2.24, 2.45) is 0 Å². The van der Waals surface area contributed by atoms with Gasteiger partial charge in [0.05, 0.1) is 13.2 Å². The summed E-state index contributed by atoms with van der Waals surface area (Å²) in [6.07, 6.45) is 1.82. The molecule has 0 aliphatic carbocycles. The summed E-state index contributed by atoms with van der Waals surface area (Å²) in [7, 11) is 0. The molecule has 92 valence electrons. The summed E-state index contributed by atoms with van der Waals surface area (Å²) in [5.74, 6) is 1.76. The van der Waals surface area contributed by atoms with Crippen LogP contribution in [0.4, 0.5) is 5.82 Å². The summed E-state index contributed by atoms with van der Waals surface area (Å²) < 4.78 is 5.35. The number of aromatic nitrogens is 2. The first kappa shape index (κ1) is 11.2. The third-order valence-corrected chi connectivity index (χ3v) is 3.01. The van der Waals surface area contributed by atoms with Gasteiger partial charge in [-0.1, -0.05) is 30.3 Å². The molecule has 0 unspecified atom stereocenters. The van der Waals surface area contributed by atoms with Crippen molar-refractivity contribution in [1.29, 1.82) is 0 Å². The zero-order chi connectivity index (χ0) is 12.2. The van der Waals surface area contributed by atoms with Crippen LogP contribution >= 0.6 is 0 Å². The Labute approximate surface area is 106 Å². The first-order chi connectivity index (χ1) is 8.93. The van der Waals surface area contributed by atoms with E-state index >= 15 is 0 Å². The highest BCUT2D eigenvalue weighted by molar-refractivity contribution is 5.57. The zero-order valence-electron chi connectivity index (χ0n) is 10.1. The third kappa shape index (κ3) is 2.33. The molecule has 0 spiro atoms. The van der Waals surface area contributed by atoms with Crippen LogP contribution in [0.2, 0.25) is 0 Å². The molecule has 18 heavy (non-hydrogen) atoms. The van der Waals surface area contributed by atoms with Crippen molar-refractivity contribution in [2.75, 3.05) is 31.2 Å². The van der Waals surface area contributed by atoms with Crippen LogP contribution in [-0.4, -0.2) is 36.3 Å². The maximum absolute atomic E-state index is 5.35. The van der Waals surface area contributed by atoms with Crippen molar-refractivity contribution >= 4 is 5.82 Å². The van der Waals surface area contributed by atoms with Gasteiger partial charge in [-0.25, -0.2) is 9.97 Å². The fourth-order valence-corrected chi connectivity index (χ4v) is 2.04. The Kier molecular flexibility index (Phi) is 3.19. The molecular formula is C14H15N3O. The lowest BCUT2D eigenvalue weighted by Crippen LogP contribution is -2.36. The van der Waals surface area contributed by atoms with Gasteiger partial charge in [-0.2, -0.15) is 0 Å². The van der Waals surface area contributed by atoms with Crippen molar-refractivity contribution in [1.82, 2.24) is 9.97 Å². The second kappa shape index (κ2) is 5.14. The normalized spacial score (nSPS) is 15.7. The lowest BCUT2D eigenvalue weighted by molar-refractivity contribution is 0.122. The summed E-state index contributed by atoms with van der Waals surface area (Å²) in [6.45, 7) is 3.33. The molecule has 4 nitrogen and oxygen atoms in total. The topological polar surface area (TPSA) is 38.2 Å². The van der Waals surface area contributed by atoms with Crippen LogP contribution in [0.15, 0.2) is 42.6 Å². The van der Waals surface area contributed by atoms with Crippen LogP contribution in [0.3, 0.4) is 0 Å². The number of rotatable bonds is 2. The van der Waals surface area contributed by atoms with Crippen LogP contribution in [-0.2, 0) is 4.74 Å². The van der Waals surface area contributed by atoms with Crippen LogP contribution in [0.1, 0.15) is 0 Å². The van der Waals surface area contributed by atoms with Crippen molar-refractivity contribution < 1.29 is 4.74 Å². The predicted molar refractivity (Wildman–Crippen MR) is 70.5 cm³/mol. The van der Waals surface area contributed by atoms with E-state index in [-0.39, 0.29) is 0 Å². The molecule has 1 fully saturated rings. The first-order valence-electron chi connectivity index (χ1n) is 6.15. The SMILES string of the molecule is c1ccc(-c2nccc(N3CCOCC3)n2)cc1. The van der Waals surface area contributed by atoms with Gasteiger partial charge in [0.1, 0.15) is 5.82 Å². The Balaban J connectivity index is 1.89. The van der Waals surface area contributed by atoms with Gasteiger partial charge >= 0.3 is 0 Å². The summed E-state index contributed by atoms with van der Waals surface area (Å²) >= 11 is 0. The molecule has 0 saturated carbocycles. The molecule has 0 N–H and O–H groups in total. The van der Waals surface area contributed by atoms with Crippen molar-refractivity contribution in [3.05, 3.63) is 42.6 Å². The molecule has 1 aromatic heterocycles. The number of benzene rings is 1. The van der Waals surface area contributed by atoms with E-state index in [1.54, 1.807) is 0 Å². The number of nitrogens with zero attached hydrogens (tertiary/aromatic N) is 3. The first-order valence-corrected chi connectivity index (χ1v) is 6.15. The molecule has 2 heterocycles. The summed E-state index contributed by atoms with van der Waals surface area (Å²) in [5.41, 5.74) is 1.05. The molecular weight excluding hydrogens is 226 g/mol. The molecule has 0 amide bonds. The van der Waals surface area contributed by atoms with Gasteiger partial charge < -0.3 is 9.64 Å². The molecule has 0 radical (unpaired) electrons. The largest absolute Gasteiger partial charge is 0.378 e. The van der Waals surface area contributed by atoms with Crippen LogP contribution in [0.25, 0.3) is 11.4 Å². The minimum atomic E-state index is 0.769. The monoisotopic (exact) mass is 241 g/mol. The number of ether oxygens (including phenoxy) is 1. The molecule has 1 aromatic carbocycles. The molecule has 0 atom stereocenters. The zero-order valence-corrected chi connectivity index (χ0v) is 10.1. The second-order valence-electron chi connectivity index (χ2n) is 4.20. The van der Waals surface area contributed by atoms with Crippen LogP contribution in [0.5, 0.6) is 0 Å². The van der Waals surface area contributed by atoms with Gasteiger partial charge in [-0.3, -0.25) is 0 Å². The maximum atomic E-state index is 5.35. The summed E-state index contributed by atoms with van der Waals surface area (Å²) in [6, 6.07) is 12.0. The highest BCUT2D eigenvalue weighted by atomic mass is 16.5. The van der Waals surface area contributed by atoms with E-state index in [9.17, 15) is 0 Å². The van der Waals surface area contributed by atoms with Crippen LogP contribution < -0.4 is 4.90 Å².